The third kappa shape index (κ3) is 2.59. The zero-order valence-corrected chi connectivity index (χ0v) is 10.6. The van der Waals surface area contributed by atoms with Crippen molar-refractivity contribution in [3.63, 3.8) is 0 Å². The zero-order valence-electron chi connectivity index (χ0n) is 10.6. The first-order valence-corrected chi connectivity index (χ1v) is 6.25. The smallest absolute Gasteiger partial charge is 0.123 e. The molecule has 0 atom stereocenters. The lowest BCUT2D eigenvalue weighted by atomic mass is 9.99. The Morgan fingerprint density at radius 2 is 1.30 bits per heavy atom. The van der Waals surface area contributed by atoms with Gasteiger partial charge in [-0.3, -0.25) is 0 Å². The number of hydrogen-bond donors (Lipinski definition) is 0. The molecule has 2 heteroatoms. The molecule has 0 aliphatic carbocycles. The Bertz CT molecular complexity index is 730. The first-order valence-electron chi connectivity index (χ1n) is 6.25. The van der Waals surface area contributed by atoms with Crippen molar-refractivity contribution in [1.29, 1.82) is 0 Å². The van der Waals surface area contributed by atoms with E-state index in [1.165, 1.54) is 24.3 Å². The average Bonchev–Trinajstić information content (AvgIpc) is 2.48. The van der Waals surface area contributed by atoms with Gasteiger partial charge in [-0.2, -0.15) is 0 Å². The molecule has 0 aromatic heterocycles. The molecule has 0 unspecified atom stereocenters. The van der Waals surface area contributed by atoms with E-state index < -0.39 is 0 Å². The van der Waals surface area contributed by atoms with Crippen LogP contribution in [0.2, 0.25) is 0 Å². The minimum Gasteiger partial charge on any atom is -0.207 e. The van der Waals surface area contributed by atoms with Crippen molar-refractivity contribution in [2.75, 3.05) is 0 Å². The van der Waals surface area contributed by atoms with Crippen LogP contribution in [0.1, 0.15) is 0 Å². The fourth-order valence-corrected chi connectivity index (χ4v) is 2.12. The summed E-state index contributed by atoms with van der Waals surface area (Å²) in [5.74, 6) is -0.534. The molecular formula is C18H11F2. The Hall–Kier alpha value is -2.48. The molecular weight excluding hydrogens is 254 g/mol. The first-order chi connectivity index (χ1) is 9.72. The SMILES string of the molecule is Fc1ccc(-c2c[c]cc(-c3cccc(F)c3)c2)cc1. The summed E-state index contributed by atoms with van der Waals surface area (Å²) in [6.45, 7) is 0. The monoisotopic (exact) mass is 265 g/mol. The number of hydrogen-bond acceptors (Lipinski definition) is 0. The highest BCUT2D eigenvalue weighted by molar-refractivity contribution is 5.72. The maximum Gasteiger partial charge on any atom is 0.123 e. The highest BCUT2D eigenvalue weighted by Crippen LogP contribution is 2.26. The minimum absolute atomic E-state index is 0.265. The molecule has 0 saturated heterocycles. The summed E-state index contributed by atoms with van der Waals surface area (Å²) in [6, 6.07) is 21.3. The van der Waals surface area contributed by atoms with Gasteiger partial charge in [-0.1, -0.05) is 24.3 Å². The fraction of sp³-hybridized carbons (Fsp3) is 0. The second-order valence-electron chi connectivity index (χ2n) is 4.53. The number of benzene rings is 3. The topological polar surface area (TPSA) is 0 Å². The van der Waals surface area contributed by atoms with Gasteiger partial charge in [-0.25, -0.2) is 8.78 Å². The van der Waals surface area contributed by atoms with E-state index in [4.69, 9.17) is 0 Å². The maximum absolute atomic E-state index is 13.3. The molecule has 0 spiro atoms. The molecule has 0 nitrogen and oxygen atoms in total. The number of halogens is 2. The minimum atomic E-state index is -0.269. The molecule has 0 amide bonds. The molecule has 0 aliphatic heterocycles. The van der Waals surface area contributed by atoms with Gasteiger partial charge in [0.2, 0.25) is 0 Å². The fourth-order valence-electron chi connectivity index (χ4n) is 2.12. The van der Waals surface area contributed by atoms with Gasteiger partial charge in [0.05, 0.1) is 0 Å². The Labute approximate surface area is 116 Å². The Morgan fingerprint density at radius 3 is 2.00 bits per heavy atom. The molecule has 97 valence electrons. The predicted octanol–water partition coefficient (Wildman–Crippen LogP) is 5.10. The maximum atomic E-state index is 13.3. The van der Waals surface area contributed by atoms with Gasteiger partial charge in [0.15, 0.2) is 0 Å². The first kappa shape index (κ1) is 12.5. The molecule has 3 rings (SSSR count). The van der Waals surface area contributed by atoms with Gasteiger partial charge >= 0.3 is 0 Å². The molecule has 0 heterocycles. The van der Waals surface area contributed by atoms with E-state index in [-0.39, 0.29) is 11.6 Å². The molecule has 3 aromatic carbocycles. The highest BCUT2D eigenvalue weighted by atomic mass is 19.1. The quantitative estimate of drug-likeness (QED) is 0.604. The second-order valence-corrected chi connectivity index (χ2v) is 4.53. The normalized spacial score (nSPS) is 10.5. The lowest BCUT2D eigenvalue weighted by molar-refractivity contribution is 0.627. The summed E-state index contributed by atoms with van der Waals surface area (Å²) in [6.07, 6.45) is 0. The van der Waals surface area contributed by atoms with Crippen molar-refractivity contribution >= 4 is 0 Å². The molecule has 20 heavy (non-hydrogen) atoms. The Morgan fingerprint density at radius 1 is 0.600 bits per heavy atom. The van der Waals surface area contributed by atoms with Crippen LogP contribution < -0.4 is 0 Å². The second kappa shape index (κ2) is 5.25. The van der Waals surface area contributed by atoms with Gasteiger partial charge in [-0.15, -0.1) is 0 Å². The van der Waals surface area contributed by atoms with E-state index in [1.54, 1.807) is 18.2 Å². The van der Waals surface area contributed by atoms with Crippen LogP contribution in [0.3, 0.4) is 0 Å². The van der Waals surface area contributed by atoms with Crippen molar-refractivity contribution in [2.45, 2.75) is 0 Å². The predicted molar refractivity (Wildman–Crippen MR) is 76.1 cm³/mol. The van der Waals surface area contributed by atoms with Crippen molar-refractivity contribution in [3.05, 3.63) is 84.4 Å². The van der Waals surface area contributed by atoms with Crippen LogP contribution in [0.5, 0.6) is 0 Å². The summed E-state index contributed by atoms with van der Waals surface area (Å²) in [5.41, 5.74) is 3.50. The van der Waals surface area contributed by atoms with Crippen molar-refractivity contribution in [2.24, 2.45) is 0 Å². The van der Waals surface area contributed by atoms with Gasteiger partial charge in [-0.05, 0) is 70.8 Å². The third-order valence-corrected chi connectivity index (χ3v) is 3.12. The third-order valence-electron chi connectivity index (χ3n) is 3.12. The summed E-state index contributed by atoms with van der Waals surface area (Å²) >= 11 is 0. The Kier molecular flexibility index (Phi) is 3.30. The largest absolute Gasteiger partial charge is 0.207 e. The van der Waals surface area contributed by atoms with E-state index in [0.717, 1.165) is 22.3 Å². The molecule has 0 N–H and O–H groups in total. The molecule has 0 bridgehead atoms. The van der Waals surface area contributed by atoms with Crippen LogP contribution in [0.4, 0.5) is 8.78 Å². The number of rotatable bonds is 2. The van der Waals surface area contributed by atoms with Crippen LogP contribution in [-0.4, -0.2) is 0 Å². The Balaban J connectivity index is 2.03. The van der Waals surface area contributed by atoms with E-state index in [1.807, 2.05) is 24.3 Å². The van der Waals surface area contributed by atoms with Crippen LogP contribution in [0.15, 0.2) is 66.7 Å². The molecule has 3 aromatic rings. The van der Waals surface area contributed by atoms with Gasteiger partial charge < -0.3 is 0 Å². The van der Waals surface area contributed by atoms with Gasteiger partial charge in [0.25, 0.3) is 0 Å². The van der Waals surface area contributed by atoms with E-state index in [0.29, 0.717) is 0 Å². The van der Waals surface area contributed by atoms with Gasteiger partial charge in [0, 0.05) is 0 Å². The molecule has 0 aliphatic rings. The lowest BCUT2D eigenvalue weighted by Gasteiger charge is -2.06. The summed E-state index contributed by atoms with van der Waals surface area (Å²) in [5, 5.41) is 0. The molecule has 1 radical (unpaired) electrons. The van der Waals surface area contributed by atoms with E-state index >= 15 is 0 Å². The lowest BCUT2D eigenvalue weighted by Crippen LogP contribution is -1.83. The zero-order chi connectivity index (χ0) is 13.9. The highest BCUT2D eigenvalue weighted by Gasteiger charge is 2.03. The average molecular weight is 265 g/mol. The van der Waals surface area contributed by atoms with Crippen LogP contribution in [0, 0.1) is 17.7 Å². The summed E-state index contributed by atoms with van der Waals surface area (Å²) in [4.78, 5) is 0. The van der Waals surface area contributed by atoms with Crippen molar-refractivity contribution in [3.8, 4) is 22.3 Å². The van der Waals surface area contributed by atoms with Crippen LogP contribution >= 0.6 is 0 Å². The van der Waals surface area contributed by atoms with Crippen molar-refractivity contribution in [1.82, 2.24) is 0 Å². The summed E-state index contributed by atoms with van der Waals surface area (Å²) in [7, 11) is 0. The van der Waals surface area contributed by atoms with Crippen LogP contribution in [0.25, 0.3) is 22.3 Å². The molecule has 0 fully saturated rings. The van der Waals surface area contributed by atoms with Gasteiger partial charge in [0.1, 0.15) is 11.6 Å². The standard InChI is InChI=1S/C18H11F2/c19-17-9-7-13(8-10-17)14-3-1-4-15(11-14)16-5-2-6-18(20)12-16/h2-12H. The van der Waals surface area contributed by atoms with Crippen LogP contribution in [-0.2, 0) is 0 Å². The van der Waals surface area contributed by atoms with E-state index in [2.05, 4.69) is 6.07 Å². The van der Waals surface area contributed by atoms with Crippen molar-refractivity contribution < 1.29 is 8.78 Å². The summed E-state index contributed by atoms with van der Waals surface area (Å²) < 4.78 is 26.2. The molecule has 0 saturated carbocycles. The van der Waals surface area contributed by atoms with E-state index in [9.17, 15) is 8.78 Å².